The Bertz CT molecular complexity index is 420. The van der Waals surface area contributed by atoms with E-state index >= 15 is 0 Å². The van der Waals surface area contributed by atoms with E-state index in [4.69, 9.17) is 0 Å². The topological polar surface area (TPSA) is 99.7 Å². The minimum atomic E-state index is -2.96. The number of rotatable bonds is 8. The second kappa shape index (κ2) is 9.57. The first kappa shape index (κ1) is 18.7. The summed E-state index contributed by atoms with van der Waals surface area (Å²) in [7, 11) is -2.96. The van der Waals surface area contributed by atoms with Gasteiger partial charge in [0.05, 0.1) is 5.75 Å². The lowest BCUT2D eigenvalue weighted by Gasteiger charge is -2.17. The van der Waals surface area contributed by atoms with Gasteiger partial charge in [-0.25, -0.2) is 13.4 Å². The molecule has 0 fully saturated rings. The maximum atomic E-state index is 11.3. The smallest absolute Gasteiger partial charge is 0.241 e. The number of amides is 1. The zero-order chi connectivity index (χ0) is 15.6. The normalized spacial score (nSPS) is 13.7. The van der Waals surface area contributed by atoms with Crippen LogP contribution in [0.3, 0.4) is 0 Å². The third-order valence-corrected chi connectivity index (χ3v) is 3.38. The van der Waals surface area contributed by atoms with Gasteiger partial charge < -0.3 is 16.0 Å². The van der Waals surface area contributed by atoms with Crippen LogP contribution >= 0.6 is 0 Å². The standard InChI is InChI=1S/C12H26N4O3S/c1-5-13-11(17)9-15-12(14-6-2)16-10(3)7-8-20(4,18)19/h10H,5-9H2,1-4H3,(H,13,17)(H2,14,15,16). The highest BCUT2D eigenvalue weighted by molar-refractivity contribution is 7.90. The van der Waals surface area contributed by atoms with Crippen molar-refractivity contribution < 1.29 is 13.2 Å². The fraction of sp³-hybridized carbons (Fsp3) is 0.833. The average molecular weight is 306 g/mol. The van der Waals surface area contributed by atoms with E-state index in [1.807, 2.05) is 20.8 Å². The van der Waals surface area contributed by atoms with E-state index in [1.54, 1.807) is 0 Å². The van der Waals surface area contributed by atoms with Crippen LogP contribution in [0.2, 0.25) is 0 Å². The Morgan fingerprint density at radius 3 is 2.30 bits per heavy atom. The third kappa shape index (κ3) is 10.6. The van der Waals surface area contributed by atoms with Gasteiger partial charge in [-0.2, -0.15) is 0 Å². The van der Waals surface area contributed by atoms with Crippen LogP contribution in [0.25, 0.3) is 0 Å². The first-order chi connectivity index (χ1) is 9.28. The van der Waals surface area contributed by atoms with Crippen LogP contribution in [0.15, 0.2) is 4.99 Å². The number of guanidine groups is 1. The lowest BCUT2D eigenvalue weighted by atomic mass is 10.3. The van der Waals surface area contributed by atoms with Crippen molar-refractivity contribution in [2.24, 2.45) is 4.99 Å². The summed E-state index contributed by atoms with van der Waals surface area (Å²) >= 11 is 0. The van der Waals surface area contributed by atoms with Gasteiger partial charge in [0.1, 0.15) is 16.4 Å². The quantitative estimate of drug-likeness (QED) is 0.415. The molecule has 0 aromatic heterocycles. The first-order valence-electron chi connectivity index (χ1n) is 6.77. The number of hydrogen-bond acceptors (Lipinski definition) is 4. The molecular weight excluding hydrogens is 280 g/mol. The van der Waals surface area contributed by atoms with Gasteiger partial charge in [0.15, 0.2) is 5.96 Å². The van der Waals surface area contributed by atoms with E-state index in [-0.39, 0.29) is 24.2 Å². The van der Waals surface area contributed by atoms with Crippen molar-refractivity contribution in [1.82, 2.24) is 16.0 Å². The molecule has 1 atom stereocenters. The van der Waals surface area contributed by atoms with Gasteiger partial charge in [-0.15, -0.1) is 0 Å². The number of aliphatic imine (C=N–C) groups is 1. The Kier molecular flexibility index (Phi) is 8.94. The molecule has 118 valence electrons. The molecule has 7 nitrogen and oxygen atoms in total. The number of carbonyl (C=O) groups excluding carboxylic acids is 1. The highest BCUT2D eigenvalue weighted by atomic mass is 32.2. The van der Waals surface area contributed by atoms with Crippen molar-refractivity contribution in [3.8, 4) is 0 Å². The minimum absolute atomic E-state index is 0.0436. The molecular formula is C12H26N4O3S. The third-order valence-electron chi connectivity index (χ3n) is 2.40. The zero-order valence-electron chi connectivity index (χ0n) is 12.7. The van der Waals surface area contributed by atoms with Gasteiger partial charge in [-0.05, 0) is 27.2 Å². The Hall–Kier alpha value is -1.31. The molecule has 1 unspecified atom stereocenters. The zero-order valence-corrected chi connectivity index (χ0v) is 13.5. The van der Waals surface area contributed by atoms with Crippen LogP contribution < -0.4 is 16.0 Å². The van der Waals surface area contributed by atoms with Crippen molar-refractivity contribution in [1.29, 1.82) is 0 Å². The summed E-state index contributed by atoms with van der Waals surface area (Å²) in [6.07, 6.45) is 1.71. The summed E-state index contributed by atoms with van der Waals surface area (Å²) in [4.78, 5) is 15.5. The molecule has 1 amide bonds. The van der Waals surface area contributed by atoms with Crippen molar-refractivity contribution >= 4 is 21.7 Å². The van der Waals surface area contributed by atoms with E-state index < -0.39 is 9.84 Å². The van der Waals surface area contributed by atoms with Crippen molar-refractivity contribution in [2.45, 2.75) is 33.2 Å². The van der Waals surface area contributed by atoms with Gasteiger partial charge in [0.25, 0.3) is 0 Å². The summed E-state index contributed by atoms with van der Waals surface area (Å²) in [6, 6.07) is -0.0447. The van der Waals surface area contributed by atoms with Crippen molar-refractivity contribution in [2.75, 3.05) is 31.6 Å². The van der Waals surface area contributed by atoms with Crippen molar-refractivity contribution in [3.63, 3.8) is 0 Å². The van der Waals surface area contributed by atoms with Gasteiger partial charge in [0, 0.05) is 25.4 Å². The molecule has 0 aromatic rings. The molecule has 0 aromatic carbocycles. The lowest BCUT2D eigenvalue weighted by Crippen LogP contribution is -2.43. The lowest BCUT2D eigenvalue weighted by molar-refractivity contribution is -0.119. The van der Waals surface area contributed by atoms with E-state index in [2.05, 4.69) is 20.9 Å². The molecule has 0 spiro atoms. The van der Waals surface area contributed by atoms with Gasteiger partial charge in [-0.1, -0.05) is 0 Å². The fourth-order valence-corrected chi connectivity index (χ4v) is 2.20. The van der Waals surface area contributed by atoms with Crippen LogP contribution in [0.4, 0.5) is 0 Å². The van der Waals surface area contributed by atoms with Gasteiger partial charge in [-0.3, -0.25) is 4.79 Å². The minimum Gasteiger partial charge on any atom is -0.357 e. The van der Waals surface area contributed by atoms with Crippen LogP contribution in [0.1, 0.15) is 27.2 Å². The highest BCUT2D eigenvalue weighted by Gasteiger charge is 2.09. The molecule has 0 saturated heterocycles. The predicted octanol–water partition coefficient (Wildman–Crippen LogP) is -0.499. The van der Waals surface area contributed by atoms with E-state index in [9.17, 15) is 13.2 Å². The number of carbonyl (C=O) groups is 1. The fourth-order valence-electron chi connectivity index (χ4n) is 1.42. The van der Waals surface area contributed by atoms with E-state index in [0.29, 0.717) is 25.5 Å². The maximum Gasteiger partial charge on any atom is 0.241 e. The second-order valence-electron chi connectivity index (χ2n) is 4.61. The van der Waals surface area contributed by atoms with Crippen LogP contribution in [-0.2, 0) is 14.6 Å². The maximum absolute atomic E-state index is 11.3. The van der Waals surface area contributed by atoms with Crippen LogP contribution in [0, 0.1) is 0 Å². The summed E-state index contributed by atoms with van der Waals surface area (Å²) in [5.41, 5.74) is 0. The van der Waals surface area contributed by atoms with Crippen LogP contribution in [0.5, 0.6) is 0 Å². The second-order valence-corrected chi connectivity index (χ2v) is 6.87. The Balaban J connectivity index is 4.37. The van der Waals surface area contributed by atoms with E-state index in [0.717, 1.165) is 0 Å². The first-order valence-corrected chi connectivity index (χ1v) is 8.83. The summed E-state index contributed by atoms with van der Waals surface area (Å²) in [6.45, 7) is 6.93. The number of hydrogen-bond donors (Lipinski definition) is 3. The van der Waals surface area contributed by atoms with Gasteiger partial charge in [0.2, 0.25) is 5.91 Å². The molecule has 20 heavy (non-hydrogen) atoms. The summed E-state index contributed by atoms with van der Waals surface area (Å²) < 4.78 is 22.2. The molecule has 3 N–H and O–H groups in total. The molecule has 0 radical (unpaired) electrons. The largest absolute Gasteiger partial charge is 0.357 e. The SMILES string of the molecule is CCNC(=O)CN=C(NCC)NC(C)CCS(C)(=O)=O. The summed E-state index contributed by atoms with van der Waals surface area (Å²) in [5, 5.41) is 8.76. The average Bonchev–Trinajstić information content (AvgIpc) is 2.33. The highest BCUT2D eigenvalue weighted by Crippen LogP contribution is 1.95. The number of sulfone groups is 1. The number of likely N-dealkylation sites (N-methyl/N-ethyl adjacent to an activating group) is 1. The predicted molar refractivity (Wildman–Crippen MR) is 81.6 cm³/mol. The van der Waals surface area contributed by atoms with Crippen LogP contribution in [-0.4, -0.2) is 58.0 Å². The molecule has 0 saturated carbocycles. The molecule has 0 aliphatic heterocycles. The monoisotopic (exact) mass is 306 g/mol. The Morgan fingerprint density at radius 1 is 1.20 bits per heavy atom. The van der Waals surface area contributed by atoms with Gasteiger partial charge >= 0.3 is 0 Å². The molecule has 0 aliphatic carbocycles. The van der Waals surface area contributed by atoms with Crippen molar-refractivity contribution in [3.05, 3.63) is 0 Å². The number of nitrogens with one attached hydrogen (secondary N) is 3. The summed E-state index contributed by atoms with van der Waals surface area (Å²) in [5.74, 6) is 0.491. The van der Waals surface area contributed by atoms with E-state index in [1.165, 1.54) is 6.26 Å². The molecule has 8 heteroatoms. The Morgan fingerprint density at radius 2 is 1.80 bits per heavy atom. The Labute approximate surface area is 121 Å². The molecule has 0 aliphatic rings. The molecule has 0 bridgehead atoms. The molecule has 0 rings (SSSR count). The molecule has 0 heterocycles. The number of nitrogens with zero attached hydrogens (tertiary/aromatic N) is 1.